The Morgan fingerprint density at radius 1 is 1.19 bits per heavy atom. The number of terminal acetylenes is 1. The maximum absolute atomic E-state index is 12.9. The van der Waals surface area contributed by atoms with Crippen LogP contribution in [-0.4, -0.2) is 36.6 Å². The first-order chi connectivity index (χ1) is 13.0. The number of aliphatic hydroxyl groups is 1. The number of carbonyl (C=O) groups excluding carboxylic acids is 2. The summed E-state index contributed by atoms with van der Waals surface area (Å²) in [6.07, 6.45) is 4.97. The molecule has 2 aromatic rings. The second-order valence-electron chi connectivity index (χ2n) is 6.43. The Balaban J connectivity index is 1.66. The lowest BCUT2D eigenvalue weighted by Crippen LogP contribution is -2.42. The molecule has 0 saturated carbocycles. The van der Waals surface area contributed by atoms with Gasteiger partial charge in [0.05, 0.1) is 18.7 Å². The predicted molar refractivity (Wildman–Crippen MR) is 97.9 cm³/mol. The van der Waals surface area contributed by atoms with Crippen molar-refractivity contribution in [3.63, 3.8) is 0 Å². The number of ether oxygens (including phenoxy) is 2. The number of nitrogens with zero attached hydrogens (tertiary/aromatic N) is 1. The average molecular weight is 363 g/mol. The second-order valence-corrected chi connectivity index (χ2v) is 6.43. The minimum atomic E-state index is -1.95. The number of Topliss-reactive ketones (excluding diaryl/α,β-unsaturated/α-hetero) is 1. The Hall–Kier alpha value is -3.30. The van der Waals surface area contributed by atoms with Crippen LogP contribution in [-0.2, 0) is 10.4 Å². The highest BCUT2D eigenvalue weighted by Gasteiger charge is 2.50. The van der Waals surface area contributed by atoms with Gasteiger partial charge >= 0.3 is 0 Å². The molecular formula is C21H17NO5. The Kier molecular flexibility index (Phi) is 4.09. The van der Waals surface area contributed by atoms with E-state index >= 15 is 0 Å². The van der Waals surface area contributed by atoms with E-state index < -0.39 is 11.5 Å². The van der Waals surface area contributed by atoms with E-state index in [4.69, 9.17) is 15.9 Å². The fourth-order valence-corrected chi connectivity index (χ4v) is 3.48. The smallest absolute Gasteiger partial charge is 0.265 e. The molecule has 1 atom stereocenters. The van der Waals surface area contributed by atoms with Gasteiger partial charge in [0.25, 0.3) is 5.91 Å². The van der Waals surface area contributed by atoms with Gasteiger partial charge in [0.15, 0.2) is 22.9 Å². The number of ketones is 1. The molecule has 0 fully saturated rings. The molecule has 2 aliphatic rings. The van der Waals surface area contributed by atoms with Crippen molar-refractivity contribution in [2.45, 2.75) is 12.0 Å². The van der Waals surface area contributed by atoms with Gasteiger partial charge in [-0.3, -0.25) is 14.5 Å². The number of para-hydroxylation sites is 1. The van der Waals surface area contributed by atoms with Crippen molar-refractivity contribution < 1.29 is 24.2 Å². The quantitative estimate of drug-likeness (QED) is 0.663. The van der Waals surface area contributed by atoms with Gasteiger partial charge in [-0.05, 0) is 24.3 Å². The lowest BCUT2D eigenvalue weighted by Gasteiger charge is -2.22. The van der Waals surface area contributed by atoms with Crippen LogP contribution in [0, 0.1) is 12.3 Å². The maximum atomic E-state index is 12.9. The summed E-state index contributed by atoms with van der Waals surface area (Å²) in [5.74, 6) is 2.50. The topological polar surface area (TPSA) is 76.1 Å². The van der Waals surface area contributed by atoms with Crippen LogP contribution in [0.5, 0.6) is 11.5 Å². The molecule has 0 aromatic heterocycles. The molecule has 4 rings (SSSR count). The zero-order valence-electron chi connectivity index (χ0n) is 14.5. The first kappa shape index (κ1) is 17.1. The van der Waals surface area contributed by atoms with E-state index in [-0.39, 0.29) is 18.7 Å². The fourth-order valence-electron chi connectivity index (χ4n) is 3.48. The van der Waals surface area contributed by atoms with Crippen molar-refractivity contribution in [3.8, 4) is 23.8 Å². The van der Waals surface area contributed by atoms with Gasteiger partial charge < -0.3 is 14.6 Å². The molecule has 6 nitrogen and oxygen atoms in total. The van der Waals surface area contributed by atoms with Crippen LogP contribution >= 0.6 is 0 Å². The highest BCUT2D eigenvalue weighted by Crippen LogP contribution is 2.43. The molecule has 0 radical (unpaired) electrons. The number of rotatable bonds is 4. The lowest BCUT2D eigenvalue weighted by molar-refractivity contribution is -0.135. The third kappa shape index (κ3) is 2.73. The molecule has 0 unspecified atom stereocenters. The van der Waals surface area contributed by atoms with Crippen molar-refractivity contribution in [1.82, 2.24) is 0 Å². The van der Waals surface area contributed by atoms with Crippen LogP contribution in [0.1, 0.15) is 22.3 Å². The van der Waals surface area contributed by atoms with Gasteiger partial charge in [-0.25, -0.2) is 0 Å². The Morgan fingerprint density at radius 3 is 2.70 bits per heavy atom. The third-order valence-electron chi connectivity index (χ3n) is 4.77. The average Bonchev–Trinajstić information content (AvgIpc) is 2.90. The van der Waals surface area contributed by atoms with Gasteiger partial charge in [0.2, 0.25) is 0 Å². The van der Waals surface area contributed by atoms with Crippen LogP contribution in [0.2, 0.25) is 0 Å². The van der Waals surface area contributed by atoms with Gasteiger partial charge in [-0.15, -0.1) is 6.42 Å². The number of benzene rings is 2. The molecule has 1 amide bonds. The van der Waals surface area contributed by atoms with E-state index in [9.17, 15) is 14.7 Å². The number of fused-ring (bicyclic) bond motifs is 2. The number of amides is 1. The Labute approximate surface area is 156 Å². The number of anilines is 1. The highest BCUT2D eigenvalue weighted by atomic mass is 16.6. The maximum Gasteiger partial charge on any atom is 0.265 e. The summed E-state index contributed by atoms with van der Waals surface area (Å²) in [7, 11) is 0. The first-order valence-electron chi connectivity index (χ1n) is 8.55. The van der Waals surface area contributed by atoms with Crippen LogP contribution in [0.25, 0.3) is 0 Å². The normalized spacial score (nSPS) is 20.1. The Morgan fingerprint density at radius 2 is 1.93 bits per heavy atom. The van der Waals surface area contributed by atoms with Gasteiger partial charge in [-0.2, -0.15) is 0 Å². The van der Waals surface area contributed by atoms with Crippen molar-refractivity contribution >= 4 is 17.4 Å². The number of carbonyl (C=O) groups is 2. The molecule has 0 spiro atoms. The molecule has 0 saturated heterocycles. The summed E-state index contributed by atoms with van der Waals surface area (Å²) in [4.78, 5) is 27.0. The molecule has 2 heterocycles. The van der Waals surface area contributed by atoms with Crippen molar-refractivity contribution in [2.75, 3.05) is 24.7 Å². The molecule has 0 aliphatic carbocycles. The molecule has 2 aromatic carbocycles. The van der Waals surface area contributed by atoms with Gasteiger partial charge in [-0.1, -0.05) is 24.1 Å². The van der Waals surface area contributed by atoms with Crippen molar-refractivity contribution in [1.29, 1.82) is 0 Å². The van der Waals surface area contributed by atoms with Gasteiger partial charge in [0, 0.05) is 11.1 Å². The predicted octanol–water partition coefficient (Wildman–Crippen LogP) is 1.90. The third-order valence-corrected chi connectivity index (χ3v) is 4.77. The minimum Gasteiger partial charge on any atom is -0.486 e. The van der Waals surface area contributed by atoms with Gasteiger partial charge in [0.1, 0.15) is 13.2 Å². The van der Waals surface area contributed by atoms with Crippen molar-refractivity contribution in [3.05, 3.63) is 53.6 Å². The van der Waals surface area contributed by atoms with E-state index in [1.807, 2.05) is 0 Å². The molecule has 1 N–H and O–H groups in total. The minimum absolute atomic E-state index is 0.0242. The highest BCUT2D eigenvalue weighted by molar-refractivity contribution is 6.11. The SMILES string of the molecule is C#CCN1C(=O)[C@@](O)(CC(=O)c2ccc3c(c2)OCCO3)c2ccccc21. The van der Waals surface area contributed by atoms with E-state index in [0.717, 1.165) is 0 Å². The van der Waals surface area contributed by atoms with Crippen LogP contribution in [0.15, 0.2) is 42.5 Å². The summed E-state index contributed by atoms with van der Waals surface area (Å²) in [5.41, 5.74) is -0.694. The molecule has 136 valence electrons. The standard InChI is InChI=1S/C21H17NO5/c1-2-9-22-16-6-4-3-5-15(16)21(25,20(22)24)13-17(23)14-7-8-18-19(12-14)27-11-10-26-18/h1,3-8,12,25H,9-11,13H2/t21-/m1/s1. The summed E-state index contributed by atoms with van der Waals surface area (Å²) in [6, 6.07) is 11.6. The first-order valence-corrected chi connectivity index (χ1v) is 8.55. The van der Waals surface area contributed by atoms with E-state index in [0.29, 0.717) is 41.5 Å². The summed E-state index contributed by atoms with van der Waals surface area (Å²) in [6.45, 7) is 0.883. The van der Waals surface area contributed by atoms with E-state index in [1.54, 1.807) is 42.5 Å². The zero-order chi connectivity index (χ0) is 19.0. The van der Waals surface area contributed by atoms with Crippen LogP contribution < -0.4 is 14.4 Å². The zero-order valence-corrected chi connectivity index (χ0v) is 14.5. The summed E-state index contributed by atoms with van der Waals surface area (Å²) >= 11 is 0. The lowest BCUT2D eigenvalue weighted by atomic mass is 9.88. The molecule has 2 aliphatic heterocycles. The fraction of sp³-hybridized carbons (Fsp3) is 0.238. The van der Waals surface area contributed by atoms with Crippen LogP contribution in [0.3, 0.4) is 0 Å². The second kappa shape index (κ2) is 6.45. The molecule has 27 heavy (non-hydrogen) atoms. The van der Waals surface area contributed by atoms with E-state index in [2.05, 4.69) is 5.92 Å². The number of hydrogen-bond donors (Lipinski definition) is 1. The molecular weight excluding hydrogens is 346 g/mol. The summed E-state index contributed by atoms with van der Waals surface area (Å²) < 4.78 is 10.9. The Bertz CT molecular complexity index is 977. The van der Waals surface area contributed by atoms with Crippen LogP contribution in [0.4, 0.5) is 5.69 Å². The van der Waals surface area contributed by atoms with E-state index in [1.165, 1.54) is 4.90 Å². The molecule has 0 bridgehead atoms. The van der Waals surface area contributed by atoms with Crippen molar-refractivity contribution in [2.24, 2.45) is 0 Å². The monoisotopic (exact) mass is 363 g/mol. The largest absolute Gasteiger partial charge is 0.486 e. The molecule has 6 heteroatoms. The number of hydrogen-bond acceptors (Lipinski definition) is 5. The summed E-state index contributed by atoms with van der Waals surface area (Å²) in [5, 5.41) is 11.1.